The largest absolute Gasteiger partial charge is 0.503 e. The zero-order chi connectivity index (χ0) is 13.3. The second-order valence-corrected chi connectivity index (χ2v) is 3.58. The molecule has 1 aromatic carbocycles. The molecule has 1 heterocycles. The summed E-state index contributed by atoms with van der Waals surface area (Å²) in [5.74, 6) is -2.56. The summed E-state index contributed by atoms with van der Waals surface area (Å²) in [6.07, 6.45) is 2.14. The number of nitrogens with zero attached hydrogens (tertiary/aromatic N) is 1. The molecule has 0 saturated heterocycles. The van der Waals surface area contributed by atoms with Crippen LogP contribution in [0.3, 0.4) is 0 Å². The van der Waals surface area contributed by atoms with Crippen LogP contribution < -0.4 is 5.43 Å². The summed E-state index contributed by atoms with van der Waals surface area (Å²) < 4.78 is 14.0. The fourth-order valence-corrected chi connectivity index (χ4v) is 1.48. The van der Waals surface area contributed by atoms with Gasteiger partial charge >= 0.3 is 5.97 Å². The molecular weight excluding hydrogens is 241 g/mol. The molecular formula is C12H8FNO4. The Kier molecular flexibility index (Phi) is 2.85. The van der Waals surface area contributed by atoms with E-state index in [1.54, 1.807) is 0 Å². The number of halogens is 1. The Morgan fingerprint density at radius 3 is 2.33 bits per heavy atom. The van der Waals surface area contributed by atoms with E-state index in [1.165, 1.54) is 28.8 Å². The van der Waals surface area contributed by atoms with Gasteiger partial charge in [-0.2, -0.15) is 0 Å². The lowest BCUT2D eigenvalue weighted by atomic mass is 10.2. The van der Waals surface area contributed by atoms with Crippen LogP contribution in [0.15, 0.2) is 41.5 Å². The van der Waals surface area contributed by atoms with Gasteiger partial charge in [0.25, 0.3) is 0 Å². The highest BCUT2D eigenvalue weighted by Crippen LogP contribution is 2.12. The lowest BCUT2D eigenvalue weighted by Gasteiger charge is -2.08. The van der Waals surface area contributed by atoms with Crippen LogP contribution in [0.4, 0.5) is 4.39 Å². The number of benzene rings is 1. The van der Waals surface area contributed by atoms with Crippen LogP contribution in [0.2, 0.25) is 0 Å². The maximum Gasteiger partial charge on any atom is 0.341 e. The van der Waals surface area contributed by atoms with Crippen LogP contribution >= 0.6 is 0 Å². The monoisotopic (exact) mass is 249 g/mol. The second kappa shape index (κ2) is 4.33. The Bertz CT molecular complexity index is 661. The van der Waals surface area contributed by atoms with Crippen molar-refractivity contribution in [3.63, 3.8) is 0 Å². The third-order valence-electron chi connectivity index (χ3n) is 2.36. The maximum atomic E-state index is 12.8. The van der Waals surface area contributed by atoms with Crippen molar-refractivity contribution < 1.29 is 19.4 Å². The van der Waals surface area contributed by atoms with Crippen molar-refractivity contribution in [2.45, 2.75) is 0 Å². The first-order chi connectivity index (χ1) is 8.49. The summed E-state index contributed by atoms with van der Waals surface area (Å²) in [6.45, 7) is 0. The van der Waals surface area contributed by atoms with Crippen molar-refractivity contribution in [1.82, 2.24) is 4.57 Å². The number of carboxylic acid groups (broad SMARTS) is 1. The van der Waals surface area contributed by atoms with Crippen LogP contribution in [0, 0.1) is 5.82 Å². The molecule has 0 aliphatic carbocycles. The van der Waals surface area contributed by atoms with Crippen molar-refractivity contribution in [1.29, 1.82) is 0 Å². The number of hydrogen-bond acceptors (Lipinski definition) is 3. The van der Waals surface area contributed by atoms with E-state index in [2.05, 4.69) is 0 Å². The van der Waals surface area contributed by atoms with Gasteiger partial charge in [-0.1, -0.05) is 0 Å². The minimum absolute atomic E-state index is 0.425. The number of pyridine rings is 1. The lowest BCUT2D eigenvalue weighted by Crippen LogP contribution is -2.16. The van der Waals surface area contributed by atoms with E-state index in [0.717, 1.165) is 12.4 Å². The average Bonchev–Trinajstić information content (AvgIpc) is 2.33. The molecule has 0 amide bonds. The third-order valence-corrected chi connectivity index (χ3v) is 2.36. The van der Waals surface area contributed by atoms with E-state index in [0.29, 0.717) is 5.69 Å². The Balaban J connectivity index is 2.62. The predicted molar refractivity (Wildman–Crippen MR) is 60.6 cm³/mol. The normalized spacial score (nSPS) is 10.3. The summed E-state index contributed by atoms with van der Waals surface area (Å²) in [5, 5.41) is 18.2. The van der Waals surface area contributed by atoms with Gasteiger partial charge in [0.15, 0.2) is 5.75 Å². The molecule has 2 rings (SSSR count). The molecule has 0 atom stereocenters. The van der Waals surface area contributed by atoms with Gasteiger partial charge in [0.05, 0.1) is 6.20 Å². The third kappa shape index (κ3) is 2.08. The first-order valence-corrected chi connectivity index (χ1v) is 4.93. The van der Waals surface area contributed by atoms with Gasteiger partial charge in [0, 0.05) is 11.9 Å². The van der Waals surface area contributed by atoms with Gasteiger partial charge < -0.3 is 14.8 Å². The molecule has 2 aromatic rings. The van der Waals surface area contributed by atoms with Gasteiger partial charge in [-0.05, 0) is 24.3 Å². The van der Waals surface area contributed by atoms with Crippen LogP contribution in [-0.4, -0.2) is 20.7 Å². The number of aromatic hydroxyl groups is 1. The number of rotatable bonds is 2. The van der Waals surface area contributed by atoms with E-state index in [-0.39, 0.29) is 0 Å². The Morgan fingerprint density at radius 1 is 1.17 bits per heavy atom. The lowest BCUT2D eigenvalue weighted by molar-refractivity contribution is 0.0694. The number of aromatic carboxylic acids is 1. The molecule has 1 aromatic heterocycles. The van der Waals surface area contributed by atoms with Gasteiger partial charge in [0.2, 0.25) is 5.43 Å². The molecule has 0 saturated carbocycles. The first-order valence-electron chi connectivity index (χ1n) is 4.93. The molecule has 0 unspecified atom stereocenters. The second-order valence-electron chi connectivity index (χ2n) is 3.58. The predicted octanol–water partition coefficient (Wildman–Crippen LogP) is 1.38. The zero-order valence-electron chi connectivity index (χ0n) is 9.00. The molecule has 2 N–H and O–H groups in total. The van der Waals surface area contributed by atoms with Gasteiger partial charge in [-0.3, -0.25) is 4.79 Å². The van der Waals surface area contributed by atoms with Crippen molar-refractivity contribution in [2.75, 3.05) is 0 Å². The van der Waals surface area contributed by atoms with Crippen molar-refractivity contribution in [3.05, 3.63) is 58.3 Å². The minimum atomic E-state index is -1.44. The van der Waals surface area contributed by atoms with Crippen molar-refractivity contribution in [3.8, 4) is 11.4 Å². The van der Waals surface area contributed by atoms with E-state index in [9.17, 15) is 19.1 Å². The summed E-state index contributed by atoms with van der Waals surface area (Å²) in [4.78, 5) is 22.2. The van der Waals surface area contributed by atoms with Crippen molar-refractivity contribution in [2.24, 2.45) is 0 Å². The van der Waals surface area contributed by atoms with Crippen LogP contribution in [0.25, 0.3) is 5.69 Å². The minimum Gasteiger partial charge on any atom is -0.503 e. The fraction of sp³-hybridized carbons (Fsp3) is 0. The summed E-state index contributed by atoms with van der Waals surface area (Å²) in [7, 11) is 0. The molecule has 92 valence electrons. The number of hydrogen-bond donors (Lipinski definition) is 2. The highest BCUT2D eigenvalue weighted by molar-refractivity contribution is 5.87. The van der Waals surface area contributed by atoms with Crippen LogP contribution in [-0.2, 0) is 0 Å². The van der Waals surface area contributed by atoms with E-state index >= 15 is 0 Å². The Hall–Kier alpha value is -2.63. The van der Waals surface area contributed by atoms with Gasteiger partial charge in [-0.15, -0.1) is 0 Å². The first kappa shape index (κ1) is 11.8. The van der Waals surface area contributed by atoms with E-state index in [4.69, 9.17) is 5.11 Å². The summed E-state index contributed by atoms with van der Waals surface area (Å²) in [6, 6.07) is 5.16. The molecule has 5 nitrogen and oxygen atoms in total. The van der Waals surface area contributed by atoms with E-state index in [1.807, 2.05) is 0 Å². The quantitative estimate of drug-likeness (QED) is 0.842. The molecule has 0 fully saturated rings. The fourth-order valence-electron chi connectivity index (χ4n) is 1.48. The summed E-state index contributed by atoms with van der Waals surface area (Å²) >= 11 is 0. The molecule has 0 bridgehead atoms. The smallest absolute Gasteiger partial charge is 0.341 e. The number of aromatic nitrogens is 1. The topological polar surface area (TPSA) is 79.5 Å². The highest BCUT2D eigenvalue weighted by Gasteiger charge is 2.13. The Labute approximate surface area is 100 Å². The summed E-state index contributed by atoms with van der Waals surface area (Å²) in [5.41, 5.74) is -1.09. The molecule has 0 aliphatic heterocycles. The molecule has 0 radical (unpaired) electrons. The molecule has 0 spiro atoms. The molecule has 18 heavy (non-hydrogen) atoms. The average molecular weight is 249 g/mol. The number of carboxylic acids is 1. The van der Waals surface area contributed by atoms with Gasteiger partial charge in [0.1, 0.15) is 11.4 Å². The van der Waals surface area contributed by atoms with Crippen LogP contribution in [0.1, 0.15) is 10.4 Å². The SMILES string of the molecule is O=C(O)c1cn(-c2ccc(F)cc2)cc(O)c1=O. The molecule has 0 aliphatic rings. The van der Waals surface area contributed by atoms with Gasteiger partial charge in [-0.25, -0.2) is 9.18 Å². The standard InChI is InChI=1S/C12H8FNO4/c13-7-1-3-8(4-2-7)14-5-9(12(17)18)11(16)10(15)6-14/h1-6,15H,(H,17,18). The number of carbonyl (C=O) groups is 1. The van der Waals surface area contributed by atoms with Crippen LogP contribution in [0.5, 0.6) is 5.75 Å². The highest BCUT2D eigenvalue weighted by atomic mass is 19.1. The maximum absolute atomic E-state index is 12.8. The molecule has 6 heteroatoms. The Morgan fingerprint density at radius 2 is 1.78 bits per heavy atom. The van der Waals surface area contributed by atoms with Crippen molar-refractivity contribution >= 4 is 5.97 Å². The van der Waals surface area contributed by atoms with E-state index < -0.39 is 28.5 Å². The zero-order valence-corrected chi connectivity index (χ0v) is 9.00.